The van der Waals surface area contributed by atoms with Crippen molar-refractivity contribution in [1.29, 1.82) is 0 Å². The van der Waals surface area contributed by atoms with Gasteiger partial charge in [0.25, 0.3) is 0 Å². The maximum absolute atomic E-state index is 7.42. The lowest BCUT2D eigenvalue weighted by Crippen LogP contribution is -3.00. The van der Waals surface area contributed by atoms with Crippen molar-refractivity contribution >= 4 is 50.2 Å². The van der Waals surface area contributed by atoms with Crippen LogP contribution in [0.15, 0.2) is 180 Å². The smallest absolute Gasteiger partial charge is 0.210 e. The molecule has 6 aromatic carbocycles. The van der Waals surface area contributed by atoms with E-state index in [4.69, 9.17) is 11.6 Å². The van der Waals surface area contributed by atoms with E-state index in [1.165, 1.54) is 77.7 Å². The van der Waals surface area contributed by atoms with E-state index in [9.17, 15) is 0 Å². The monoisotopic (exact) mass is 814 g/mol. The highest BCUT2D eigenvalue weighted by Gasteiger charge is 2.46. The van der Waals surface area contributed by atoms with Crippen molar-refractivity contribution in [3.63, 3.8) is 0 Å². The van der Waals surface area contributed by atoms with Gasteiger partial charge in [-0.15, -0.1) is 0 Å². The number of fused-ring (bicyclic) bond motifs is 6. The van der Waals surface area contributed by atoms with Crippen LogP contribution in [0.2, 0.25) is 0 Å². The highest BCUT2D eigenvalue weighted by molar-refractivity contribution is 6.32. The summed E-state index contributed by atoms with van der Waals surface area (Å²) < 4.78 is 2.52. The molecular weight excluding hydrogens is 768 g/mol. The fourth-order valence-electron chi connectivity index (χ4n) is 9.51. The Morgan fingerprint density at radius 2 is 1.23 bits per heavy atom. The molecule has 2 aliphatic heterocycles. The van der Waals surface area contributed by atoms with Gasteiger partial charge in [0, 0.05) is 51.6 Å². The quantitative estimate of drug-likeness (QED) is 0.146. The van der Waals surface area contributed by atoms with Gasteiger partial charge in [-0.25, -0.2) is 0 Å². The Balaban J connectivity index is 0.00000441. The van der Waals surface area contributed by atoms with Gasteiger partial charge in [-0.05, 0) is 95.1 Å². The first-order valence-electron chi connectivity index (χ1n) is 19.7. The molecule has 0 fully saturated rings. The van der Waals surface area contributed by atoms with Crippen molar-refractivity contribution in [3.8, 4) is 0 Å². The van der Waals surface area contributed by atoms with Crippen LogP contribution in [0, 0.1) is 0 Å². The Bertz CT molecular complexity index is 2620. The Hall–Kier alpha value is -4.96. The Labute approximate surface area is 347 Å². The van der Waals surface area contributed by atoms with Crippen molar-refractivity contribution in [2.45, 2.75) is 70.9 Å². The number of halogens is 2. The van der Waals surface area contributed by atoms with Crippen LogP contribution in [0.1, 0.15) is 69.2 Å². The molecule has 0 N–H and O–H groups in total. The van der Waals surface area contributed by atoms with Gasteiger partial charge in [-0.2, -0.15) is 4.58 Å². The summed E-state index contributed by atoms with van der Waals surface area (Å²) in [5, 5.41) is 6.11. The lowest BCUT2D eigenvalue weighted by atomic mass is 9.78. The second kappa shape index (κ2) is 15.2. The third-order valence-electron chi connectivity index (χ3n) is 12.2. The minimum absolute atomic E-state index is 0. The third-order valence-corrected chi connectivity index (χ3v) is 12.7. The van der Waals surface area contributed by atoms with Gasteiger partial charge in [-0.1, -0.05) is 153 Å². The molecule has 0 amide bonds. The summed E-state index contributed by atoms with van der Waals surface area (Å²) in [7, 11) is 0. The van der Waals surface area contributed by atoms with Crippen molar-refractivity contribution in [2.24, 2.45) is 0 Å². The van der Waals surface area contributed by atoms with Gasteiger partial charge in [0.1, 0.15) is 0 Å². The van der Waals surface area contributed by atoms with Crippen LogP contribution in [0.3, 0.4) is 0 Å². The zero-order valence-corrected chi connectivity index (χ0v) is 35.0. The molecule has 3 aliphatic rings. The number of benzene rings is 6. The lowest BCUT2D eigenvalue weighted by molar-refractivity contribution is -0.455. The van der Waals surface area contributed by atoms with E-state index in [-0.39, 0.29) is 27.8 Å². The van der Waals surface area contributed by atoms with E-state index >= 15 is 0 Å². The SMILES string of the molecule is CC1(C)C(=CC=C2CCCC(C=CC3=[N+](Cc4ccccc4)c4ccc5ccccc5c4C3(C)C)=C2Cl)N(Cc2ccccc2)c2ccc3ccccc3c21.[Br-]. The summed E-state index contributed by atoms with van der Waals surface area (Å²) in [5.41, 5.74) is 12.6. The molecule has 4 heteroatoms. The molecule has 0 unspecified atom stereocenters. The molecule has 0 aromatic heterocycles. The van der Waals surface area contributed by atoms with Crippen LogP contribution in [0.25, 0.3) is 21.5 Å². The summed E-state index contributed by atoms with van der Waals surface area (Å²) in [5.74, 6) is 0. The molecule has 2 nitrogen and oxygen atoms in total. The average molecular weight is 816 g/mol. The topological polar surface area (TPSA) is 6.25 Å². The van der Waals surface area contributed by atoms with Crippen LogP contribution in [0.5, 0.6) is 0 Å². The van der Waals surface area contributed by atoms with Crippen LogP contribution < -0.4 is 21.9 Å². The summed E-state index contributed by atoms with van der Waals surface area (Å²) in [6.45, 7) is 11.1. The van der Waals surface area contributed by atoms with Crippen LogP contribution in [0.4, 0.5) is 11.4 Å². The minimum atomic E-state index is -0.193. The molecule has 0 atom stereocenters. The van der Waals surface area contributed by atoms with E-state index < -0.39 is 0 Å². The normalized spacial score (nSPS) is 18.7. The summed E-state index contributed by atoms with van der Waals surface area (Å²) in [6, 6.07) is 48.4. The number of allylic oxidation sites excluding steroid dienone is 8. The second-order valence-electron chi connectivity index (χ2n) is 16.4. The predicted octanol–water partition coefficient (Wildman–Crippen LogP) is 10.6. The fourth-order valence-corrected chi connectivity index (χ4v) is 9.83. The van der Waals surface area contributed by atoms with Crippen molar-refractivity contribution in [1.82, 2.24) is 0 Å². The number of rotatable bonds is 7. The van der Waals surface area contributed by atoms with E-state index in [1.54, 1.807) is 0 Å². The first-order chi connectivity index (χ1) is 26.7. The maximum Gasteiger partial charge on any atom is 0.210 e. The van der Waals surface area contributed by atoms with E-state index in [1.807, 2.05) is 0 Å². The average Bonchev–Trinajstić information content (AvgIpc) is 3.55. The van der Waals surface area contributed by atoms with E-state index in [0.717, 1.165) is 37.4 Å². The predicted molar refractivity (Wildman–Crippen MR) is 234 cm³/mol. The molecular formula is C52H48BrClN2. The van der Waals surface area contributed by atoms with E-state index in [2.05, 4.69) is 195 Å². The molecule has 0 saturated carbocycles. The highest BCUT2D eigenvalue weighted by Crippen LogP contribution is 2.52. The molecule has 0 saturated heterocycles. The first kappa shape index (κ1) is 37.9. The van der Waals surface area contributed by atoms with Crippen molar-refractivity contribution < 1.29 is 21.6 Å². The zero-order valence-electron chi connectivity index (χ0n) is 32.7. The van der Waals surface area contributed by atoms with Gasteiger partial charge in [0.2, 0.25) is 5.69 Å². The molecule has 0 bridgehead atoms. The molecule has 6 aromatic rings. The van der Waals surface area contributed by atoms with Crippen LogP contribution >= 0.6 is 11.6 Å². The van der Waals surface area contributed by atoms with Crippen molar-refractivity contribution in [3.05, 3.63) is 202 Å². The van der Waals surface area contributed by atoms with Gasteiger partial charge in [0.15, 0.2) is 12.3 Å². The van der Waals surface area contributed by atoms with Gasteiger partial charge in [-0.3, -0.25) is 0 Å². The third kappa shape index (κ3) is 6.59. The molecule has 280 valence electrons. The summed E-state index contributed by atoms with van der Waals surface area (Å²) in [4.78, 5) is 2.52. The van der Waals surface area contributed by atoms with Crippen LogP contribution in [-0.4, -0.2) is 10.3 Å². The van der Waals surface area contributed by atoms with Crippen LogP contribution in [-0.2, 0) is 23.9 Å². The highest BCUT2D eigenvalue weighted by atomic mass is 79.9. The van der Waals surface area contributed by atoms with Crippen molar-refractivity contribution in [2.75, 3.05) is 4.90 Å². The maximum atomic E-state index is 7.42. The number of anilines is 1. The standard InChI is InChI=1S/C52H48ClN2.BrH/c1-51(2)46(54(34-36-16-7-5-8-17-36)44-30-26-38-20-11-13-24-42(38)48(44)51)32-28-40-22-15-23-41(50(40)53)29-33-47-52(3,4)49-43-25-14-12-21-39(43)27-31-45(49)55(47)35-37-18-9-6-10-19-37;/h5-14,16-21,24-33H,15,22-23,34-35H2,1-4H3;1H/q+1;/p-1. The Morgan fingerprint density at radius 3 is 1.93 bits per heavy atom. The minimum Gasteiger partial charge on any atom is -1.00 e. The lowest BCUT2D eigenvalue weighted by Gasteiger charge is -2.27. The van der Waals surface area contributed by atoms with E-state index in [0.29, 0.717) is 0 Å². The summed E-state index contributed by atoms with van der Waals surface area (Å²) in [6.07, 6.45) is 12.4. The zero-order chi connectivity index (χ0) is 37.7. The van der Waals surface area contributed by atoms with Gasteiger partial charge < -0.3 is 21.9 Å². The van der Waals surface area contributed by atoms with Gasteiger partial charge >= 0.3 is 0 Å². The summed E-state index contributed by atoms with van der Waals surface area (Å²) >= 11 is 7.42. The molecule has 0 spiro atoms. The number of hydrogen-bond acceptors (Lipinski definition) is 1. The fraction of sp³-hybridized carbons (Fsp3) is 0.212. The largest absolute Gasteiger partial charge is 1.00 e. The molecule has 9 rings (SSSR count). The second-order valence-corrected chi connectivity index (χ2v) is 16.8. The molecule has 0 radical (unpaired) electrons. The first-order valence-corrected chi connectivity index (χ1v) is 20.1. The molecule has 56 heavy (non-hydrogen) atoms. The Kier molecular flexibility index (Phi) is 10.3. The molecule has 1 aliphatic carbocycles. The van der Waals surface area contributed by atoms with Gasteiger partial charge in [0.05, 0.1) is 5.41 Å². The Morgan fingerprint density at radius 1 is 0.625 bits per heavy atom. The molecule has 2 heterocycles. The number of hydrogen-bond donors (Lipinski definition) is 0. The number of nitrogens with zero attached hydrogens (tertiary/aromatic N) is 2.